The number of hydrogen-bond acceptors (Lipinski definition) is 10. The highest BCUT2D eigenvalue weighted by Gasteiger charge is 2.30. The van der Waals surface area contributed by atoms with Crippen LogP contribution in [-0.2, 0) is 38.8 Å². The number of hydrogen-bond donors (Lipinski definition) is 1. The van der Waals surface area contributed by atoms with Gasteiger partial charge in [-0.3, -0.25) is 15.0 Å². The highest BCUT2D eigenvalue weighted by Crippen LogP contribution is 2.35. The standard InChI is InChI=1S/C34H35N3O8/c1-43-33(39)29-17-27(25-9-7-24(22-38)8-10-25)18-31(26-11-5-23(6-12-26)19-35-15-3-4-16-35)36(21-30(29)34(40)44-2)20-28-13-14-32(45-28)37(41)42/h5-14,17-18,21,31,38H,3-4,15-16,19-20,22H2,1-2H3. The summed E-state index contributed by atoms with van der Waals surface area (Å²) in [5, 5.41) is 21.0. The summed E-state index contributed by atoms with van der Waals surface area (Å²) in [6.45, 7) is 2.89. The molecule has 1 aromatic heterocycles. The number of furan rings is 1. The number of carbonyl (C=O) groups is 2. The number of methoxy groups -OCH3 is 2. The van der Waals surface area contributed by atoms with Gasteiger partial charge in [0, 0.05) is 12.7 Å². The molecule has 0 spiro atoms. The maximum Gasteiger partial charge on any atom is 0.433 e. The zero-order valence-corrected chi connectivity index (χ0v) is 25.2. The van der Waals surface area contributed by atoms with Gasteiger partial charge in [-0.15, -0.1) is 0 Å². The SMILES string of the molecule is COC(=O)C1=CC(c2ccc(CO)cc2)=CC(c2ccc(CN3CCCC3)cc2)N(Cc2ccc([N+](=O)[O-])o2)C=C1C(=O)OC. The van der Waals surface area contributed by atoms with Crippen molar-refractivity contribution in [3.05, 3.63) is 128 Å². The van der Waals surface area contributed by atoms with Crippen LogP contribution >= 0.6 is 0 Å². The molecule has 0 radical (unpaired) electrons. The first kappa shape index (κ1) is 31.4. The molecule has 2 aliphatic rings. The molecular weight excluding hydrogens is 578 g/mol. The van der Waals surface area contributed by atoms with Crippen molar-refractivity contribution in [2.75, 3.05) is 27.3 Å². The predicted molar refractivity (Wildman–Crippen MR) is 165 cm³/mol. The van der Waals surface area contributed by atoms with E-state index in [1.54, 1.807) is 23.1 Å². The van der Waals surface area contributed by atoms with Gasteiger partial charge in [-0.2, -0.15) is 0 Å². The van der Waals surface area contributed by atoms with Crippen molar-refractivity contribution < 1.29 is 33.5 Å². The molecule has 1 saturated heterocycles. The maximum absolute atomic E-state index is 13.2. The molecule has 1 fully saturated rings. The molecule has 45 heavy (non-hydrogen) atoms. The topological polar surface area (TPSA) is 136 Å². The van der Waals surface area contributed by atoms with Crippen LogP contribution in [0.2, 0.25) is 0 Å². The van der Waals surface area contributed by atoms with E-state index in [1.165, 1.54) is 51.0 Å². The highest BCUT2D eigenvalue weighted by molar-refractivity contribution is 6.08. The first-order valence-corrected chi connectivity index (χ1v) is 14.6. The number of nitrogens with zero attached hydrogens (tertiary/aromatic N) is 3. The number of carbonyl (C=O) groups excluding carboxylic acids is 2. The molecule has 0 amide bonds. The van der Waals surface area contributed by atoms with Crippen LogP contribution in [0, 0.1) is 10.1 Å². The van der Waals surface area contributed by atoms with Gasteiger partial charge in [0.05, 0.1) is 50.6 Å². The molecule has 2 aliphatic heterocycles. The van der Waals surface area contributed by atoms with Crippen LogP contribution in [-0.4, -0.2) is 59.1 Å². The van der Waals surface area contributed by atoms with Crippen molar-refractivity contribution in [2.24, 2.45) is 0 Å². The second-order valence-electron chi connectivity index (χ2n) is 10.9. The van der Waals surface area contributed by atoms with Gasteiger partial charge in [0.2, 0.25) is 0 Å². The van der Waals surface area contributed by atoms with E-state index in [2.05, 4.69) is 17.0 Å². The summed E-state index contributed by atoms with van der Waals surface area (Å²) in [5.74, 6) is -1.64. The molecule has 0 aliphatic carbocycles. The van der Waals surface area contributed by atoms with Crippen molar-refractivity contribution in [1.29, 1.82) is 0 Å². The number of allylic oxidation sites excluding steroid dienone is 2. The van der Waals surface area contributed by atoms with Crippen LogP contribution in [0.5, 0.6) is 0 Å². The number of esters is 2. The maximum atomic E-state index is 13.2. The Labute approximate surface area is 260 Å². The third-order valence-electron chi connectivity index (χ3n) is 7.95. The van der Waals surface area contributed by atoms with Gasteiger partial charge in [-0.1, -0.05) is 48.5 Å². The first-order valence-electron chi connectivity index (χ1n) is 14.6. The van der Waals surface area contributed by atoms with E-state index in [0.717, 1.165) is 30.8 Å². The Kier molecular flexibility index (Phi) is 9.91. The van der Waals surface area contributed by atoms with E-state index >= 15 is 0 Å². The van der Waals surface area contributed by atoms with E-state index in [0.29, 0.717) is 11.1 Å². The quantitative estimate of drug-likeness (QED) is 0.187. The minimum atomic E-state index is -0.765. The van der Waals surface area contributed by atoms with Crippen LogP contribution in [0.4, 0.5) is 5.88 Å². The summed E-state index contributed by atoms with van der Waals surface area (Å²) in [4.78, 5) is 41.2. The molecule has 234 valence electrons. The molecule has 11 heteroatoms. The second kappa shape index (κ2) is 14.2. The molecule has 0 bridgehead atoms. The summed E-state index contributed by atoms with van der Waals surface area (Å²) in [5.41, 5.74) is 4.00. The predicted octanol–water partition coefficient (Wildman–Crippen LogP) is 5.07. The lowest BCUT2D eigenvalue weighted by Crippen LogP contribution is -2.27. The smallest absolute Gasteiger partial charge is 0.433 e. The average molecular weight is 614 g/mol. The summed E-state index contributed by atoms with van der Waals surface area (Å²) in [6, 6.07) is 17.7. The lowest BCUT2D eigenvalue weighted by atomic mass is 9.92. The van der Waals surface area contributed by atoms with Crippen molar-refractivity contribution >= 4 is 23.4 Å². The summed E-state index contributed by atoms with van der Waals surface area (Å²) >= 11 is 0. The van der Waals surface area contributed by atoms with Gasteiger partial charge < -0.3 is 23.9 Å². The molecular formula is C34H35N3O8. The van der Waals surface area contributed by atoms with Crippen molar-refractivity contribution in [1.82, 2.24) is 9.80 Å². The van der Waals surface area contributed by atoms with E-state index in [-0.39, 0.29) is 30.1 Å². The molecule has 2 aromatic carbocycles. The van der Waals surface area contributed by atoms with Crippen molar-refractivity contribution in [2.45, 2.75) is 38.6 Å². The van der Waals surface area contributed by atoms with Crippen molar-refractivity contribution in [3.63, 3.8) is 0 Å². The monoisotopic (exact) mass is 613 g/mol. The largest absolute Gasteiger partial charge is 0.465 e. The van der Waals surface area contributed by atoms with Crippen LogP contribution in [0.15, 0.2) is 94.6 Å². The second-order valence-corrected chi connectivity index (χ2v) is 10.9. The first-order chi connectivity index (χ1) is 21.8. The molecule has 0 saturated carbocycles. The number of likely N-dealkylation sites (tertiary alicyclic amines) is 1. The minimum absolute atomic E-state index is 0.0240. The number of ether oxygens (including phenoxy) is 2. The van der Waals surface area contributed by atoms with Crippen LogP contribution in [0.3, 0.4) is 0 Å². The fourth-order valence-corrected chi connectivity index (χ4v) is 5.58. The van der Waals surface area contributed by atoms with Gasteiger partial charge in [0.1, 0.15) is 10.7 Å². The van der Waals surface area contributed by atoms with E-state index in [1.807, 2.05) is 30.3 Å². The van der Waals surface area contributed by atoms with E-state index in [4.69, 9.17) is 13.9 Å². The number of rotatable bonds is 10. The fourth-order valence-electron chi connectivity index (χ4n) is 5.58. The number of aliphatic hydroxyl groups excluding tert-OH is 1. The Morgan fingerprint density at radius 1 is 0.911 bits per heavy atom. The summed E-state index contributed by atoms with van der Waals surface area (Å²) in [7, 11) is 2.44. The molecule has 1 atom stereocenters. The van der Waals surface area contributed by atoms with Gasteiger partial charge in [0.25, 0.3) is 0 Å². The summed E-state index contributed by atoms with van der Waals surface area (Å²) in [6.07, 6.45) is 7.44. The third kappa shape index (κ3) is 7.39. The molecule has 3 aromatic rings. The normalized spacial score (nSPS) is 17.1. The Balaban J connectivity index is 1.67. The lowest BCUT2D eigenvalue weighted by Gasteiger charge is -2.31. The average Bonchev–Trinajstić information content (AvgIpc) is 3.75. The van der Waals surface area contributed by atoms with Crippen LogP contribution in [0.1, 0.15) is 46.9 Å². The van der Waals surface area contributed by atoms with Crippen LogP contribution in [0.25, 0.3) is 5.57 Å². The van der Waals surface area contributed by atoms with Gasteiger partial charge >= 0.3 is 17.8 Å². The van der Waals surface area contributed by atoms with Crippen molar-refractivity contribution in [3.8, 4) is 0 Å². The Hall–Kier alpha value is -5.00. The lowest BCUT2D eigenvalue weighted by molar-refractivity contribution is -0.402. The molecule has 1 N–H and O–H groups in total. The fraction of sp³-hybridized carbons (Fsp3) is 0.294. The third-order valence-corrected chi connectivity index (χ3v) is 7.95. The van der Waals surface area contributed by atoms with Gasteiger partial charge in [0.15, 0.2) is 0 Å². The number of benzene rings is 2. The summed E-state index contributed by atoms with van der Waals surface area (Å²) < 4.78 is 15.7. The molecule has 3 heterocycles. The van der Waals surface area contributed by atoms with Crippen LogP contribution < -0.4 is 0 Å². The number of aliphatic hydroxyl groups is 1. The minimum Gasteiger partial charge on any atom is -0.465 e. The Bertz CT molecular complexity index is 1630. The van der Waals surface area contributed by atoms with E-state index in [9.17, 15) is 24.8 Å². The Morgan fingerprint density at radius 3 is 2.16 bits per heavy atom. The molecule has 11 nitrogen and oxygen atoms in total. The van der Waals surface area contributed by atoms with Gasteiger partial charge in [-0.25, -0.2) is 9.59 Å². The molecule has 5 rings (SSSR count). The van der Waals surface area contributed by atoms with Gasteiger partial charge in [-0.05, 0) is 72.0 Å². The molecule has 1 unspecified atom stereocenters. The number of nitro groups is 1. The zero-order valence-electron chi connectivity index (χ0n) is 25.2. The van der Waals surface area contributed by atoms with E-state index < -0.39 is 28.8 Å². The Morgan fingerprint density at radius 2 is 1.56 bits per heavy atom. The highest BCUT2D eigenvalue weighted by atomic mass is 16.6. The zero-order chi connectivity index (χ0) is 31.9.